The predicted octanol–water partition coefficient (Wildman–Crippen LogP) is 1.10. The molecular weight excluding hydrogens is 249 g/mol. The van der Waals surface area contributed by atoms with Gasteiger partial charge in [0.1, 0.15) is 11.9 Å². The molecule has 0 unspecified atom stereocenters. The molecule has 0 saturated heterocycles. The summed E-state index contributed by atoms with van der Waals surface area (Å²) in [7, 11) is 0. The minimum atomic E-state index is -0.902. The van der Waals surface area contributed by atoms with Crippen LogP contribution in [0.5, 0.6) is 0 Å². The van der Waals surface area contributed by atoms with Crippen LogP contribution in [0.2, 0.25) is 0 Å². The molecule has 1 aromatic rings. The van der Waals surface area contributed by atoms with E-state index in [2.05, 4.69) is 5.32 Å². The van der Waals surface area contributed by atoms with Gasteiger partial charge in [0, 0.05) is 6.42 Å². The molecule has 0 aliphatic rings. The molecule has 0 spiro atoms. The van der Waals surface area contributed by atoms with Crippen LogP contribution in [0.4, 0.5) is 4.39 Å². The predicted molar refractivity (Wildman–Crippen MR) is 66.3 cm³/mol. The van der Waals surface area contributed by atoms with Gasteiger partial charge < -0.3 is 11.1 Å². The molecule has 3 N–H and O–H groups in total. The summed E-state index contributed by atoms with van der Waals surface area (Å²) >= 11 is 0. The van der Waals surface area contributed by atoms with Gasteiger partial charge in [-0.2, -0.15) is 5.26 Å². The zero-order valence-corrected chi connectivity index (χ0v) is 10.2. The summed E-state index contributed by atoms with van der Waals surface area (Å²) in [4.78, 5) is 23.0. The summed E-state index contributed by atoms with van der Waals surface area (Å²) in [6, 6.07) is 6.49. The molecule has 19 heavy (non-hydrogen) atoms. The van der Waals surface area contributed by atoms with Gasteiger partial charge in [0.25, 0.3) is 5.91 Å². The monoisotopic (exact) mass is 263 g/mol. The van der Waals surface area contributed by atoms with E-state index < -0.39 is 23.7 Å². The van der Waals surface area contributed by atoms with E-state index in [4.69, 9.17) is 11.0 Å². The van der Waals surface area contributed by atoms with Crippen molar-refractivity contribution in [3.63, 3.8) is 0 Å². The van der Waals surface area contributed by atoms with E-state index in [1.807, 2.05) is 6.07 Å². The van der Waals surface area contributed by atoms with E-state index in [-0.39, 0.29) is 18.4 Å². The Kier molecular flexibility index (Phi) is 5.48. The van der Waals surface area contributed by atoms with Crippen molar-refractivity contribution >= 4 is 11.8 Å². The summed E-state index contributed by atoms with van der Waals surface area (Å²) in [5.41, 5.74) is 5.01. The van der Waals surface area contributed by atoms with Gasteiger partial charge >= 0.3 is 0 Å². The normalized spacial score (nSPS) is 11.4. The average Bonchev–Trinajstić information content (AvgIpc) is 2.38. The van der Waals surface area contributed by atoms with E-state index >= 15 is 0 Å². The third-order valence-electron chi connectivity index (χ3n) is 2.55. The lowest BCUT2D eigenvalue weighted by Gasteiger charge is -2.15. The number of benzene rings is 1. The molecule has 0 saturated carbocycles. The molecule has 0 bridgehead atoms. The quantitative estimate of drug-likeness (QED) is 0.752. The molecule has 0 heterocycles. The van der Waals surface area contributed by atoms with Gasteiger partial charge in [-0.05, 0) is 25.0 Å². The van der Waals surface area contributed by atoms with Crippen molar-refractivity contribution in [1.29, 1.82) is 5.26 Å². The number of unbranched alkanes of at least 4 members (excludes halogenated alkanes) is 1. The highest BCUT2D eigenvalue weighted by Gasteiger charge is 2.20. The van der Waals surface area contributed by atoms with Crippen LogP contribution in [-0.2, 0) is 4.79 Å². The molecule has 1 rings (SSSR count). The SMILES string of the molecule is N#CCCC[C@@H](NC(=O)c1ccccc1F)C(N)=O. The number of carbonyl (C=O) groups is 2. The van der Waals surface area contributed by atoms with Gasteiger partial charge in [-0.15, -0.1) is 0 Å². The summed E-state index contributed by atoms with van der Waals surface area (Å²) in [6.45, 7) is 0. The Bertz CT molecular complexity index is 511. The maximum Gasteiger partial charge on any atom is 0.254 e. The lowest BCUT2D eigenvalue weighted by molar-refractivity contribution is -0.120. The molecule has 6 heteroatoms. The van der Waals surface area contributed by atoms with Gasteiger partial charge in [0.15, 0.2) is 0 Å². The van der Waals surface area contributed by atoms with Crippen LogP contribution >= 0.6 is 0 Å². The van der Waals surface area contributed by atoms with Gasteiger partial charge in [0.2, 0.25) is 5.91 Å². The fourth-order valence-electron chi connectivity index (χ4n) is 1.55. The first kappa shape index (κ1) is 14.6. The number of nitriles is 1. The number of rotatable bonds is 6. The highest BCUT2D eigenvalue weighted by Crippen LogP contribution is 2.07. The van der Waals surface area contributed by atoms with Crippen molar-refractivity contribution in [2.75, 3.05) is 0 Å². The Morgan fingerprint density at radius 1 is 1.42 bits per heavy atom. The Morgan fingerprint density at radius 3 is 2.68 bits per heavy atom. The maximum absolute atomic E-state index is 13.4. The molecule has 0 aliphatic carbocycles. The van der Waals surface area contributed by atoms with Crippen LogP contribution in [0.15, 0.2) is 24.3 Å². The average molecular weight is 263 g/mol. The number of carbonyl (C=O) groups excluding carboxylic acids is 2. The topological polar surface area (TPSA) is 96.0 Å². The highest BCUT2D eigenvalue weighted by molar-refractivity contribution is 5.97. The van der Waals surface area contributed by atoms with Gasteiger partial charge in [0.05, 0.1) is 11.6 Å². The Hall–Kier alpha value is -2.42. The van der Waals surface area contributed by atoms with Gasteiger partial charge in [-0.1, -0.05) is 12.1 Å². The van der Waals surface area contributed by atoms with Gasteiger partial charge in [-0.25, -0.2) is 4.39 Å². The van der Waals surface area contributed by atoms with Gasteiger partial charge in [-0.3, -0.25) is 9.59 Å². The molecule has 0 aromatic heterocycles. The van der Waals surface area contributed by atoms with Crippen LogP contribution in [0, 0.1) is 17.1 Å². The standard InChI is InChI=1S/C13H14FN3O2/c14-10-6-2-1-5-9(10)13(19)17-11(12(16)18)7-3-4-8-15/h1-2,5-6,11H,3-4,7H2,(H2,16,18)(H,17,19)/t11-/m1/s1. The van der Waals surface area contributed by atoms with Crippen LogP contribution in [-0.4, -0.2) is 17.9 Å². The van der Waals surface area contributed by atoms with Crippen LogP contribution < -0.4 is 11.1 Å². The third-order valence-corrected chi connectivity index (χ3v) is 2.55. The Morgan fingerprint density at radius 2 is 2.11 bits per heavy atom. The third kappa shape index (κ3) is 4.39. The number of nitrogens with zero attached hydrogens (tertiary/aromatic N) is 1. The number of hydrogen-bond donors (Lipinski definition) is 2. The minimum absolute atomic E-state index is 0.144. The van der Waals surface area contributed by atoms with E-state index in [1.54, 1.807) is 0 Å². The largest absolute Gasteiger partial charge is 0.368 e. The second-order valence-corrected chi connectivity index (χ2v) is 3.96. The summed E-state index contributed by atoms with van der Waals surface area (Å²) in [5, 5.41) is 10.8. The second kappa shape index (κ2) is 7.11. The van der Waals surface area contributed by atoms with Crippen LogP contribution in [0.25, 0.3) is 0 Å². The van der Waals surface area contributed by atoms with Crippen molar-refractivity contribution in [3.05, 3.63) is 35.6 Å². The van der Waals surface area contributed by atoms with Crippen molar-refractivity contribution in [2.45, 2.75) is 25.3 Å². The molecule has 100 valence electrons. The number of amides is 2. The smallest absolute Gasteiger partial charge is 0.254 e. The molecule has 1 atom stereocenters. The molecular formula is C13H14FN3O2. The van der Waals surface area contributed by atoms with Crippen molar-refractivity contribution in [2.24, 2.45) is 5.73 Å². The number of halogens is 1. The number of nitrogens with one attached hydrogen (secondary N) is 1. The molecule has 0 radical (unpaired) electrons. The van der Waals surface area contributed by atoms with Crippen molar-refractivity contribution < 1.29 is 14.0 Å². The van der Waals surface area contributed by atoms with Crippen LogP contribution in [0.1, 0.15) is 29.6 Å². The van der Waals surface area contributed by atoms with E-state index in [0.29, 0.717) is 6.42 Å². The lowest BCUT2D eigenvalue weighted by Crippen LogP contribution is -2.44. The minimum Gasteiger partial charge on any atom is -0.368 e. The van der Waals surface area contributed by atoms with E-state index in [0.717, 1.165) is 6.07 Å². The second-order valence-electron chi connectivity index (χ2n) is 3.96. The Balaban J connectivity index is 2.69. The zero-order valence-electron chi connectivity index (χ0n) is 10.2. The first-order valence-electron chi connectivity index (χ1n) is 5.78. The zero-order chi connectivity index (χ0) is 14.3. The summed E-state index contributed by atoms with van der Waals surface area (Å²) in [5.74, 6) is -2.07. The fraction of sp³-hybridized carbons (Fsp3) is 0.308. The lowest BCUT2D eigenvalue weighted by atomic mass is 10.1. The molecule has 0 fully saturated rings. The first-order valence-corrected chi connectivity index (χ1v) is 5.78. The van der Waals surface area contributed by atoms with Crippen molar-refractivity contribution in [1.82, 2.24) is 5.32 Å². The molecule has 0 aliphatic heterocycles. The molecule has 5 nitrogen and oxygen atoms in total. The number of hydrogen-bond acceptors (Lipinski definition) is 3. The Labute approximate surface area is 110 Å². The first-order chi connectivity index (χ1) is 9.06. The fourth-order valence-corrected chi connectivity index (χ4v) is 1.55. The summed E-state index contributed by atoms with van der Waals surface area (Å²) < 4.78 is 13.4. The van der Waals surface area contributed by atoms with Crippen LogP contribution in [0.3, 0.4) is 0 Å². The van der Waals surface area contributed by atoms with E-state index in [9.17, 15) is 14.0 Å². The highest BCUT2D eigenvalue weighted by atomic mass is 19.1. The maximum atomic E-state index is 13.4. The number of primary amides is 1. The summed E-state index contributed by atoms with van der Waals surface area (Å²) in [6.07, 6.45) is 0.949. The van der Waals surface area contributed by atoms with Crippen molar-refractivity contribution in [3.8, 4) is 6.07 Å². The molecule has 2 amide bonds. The number of nitrogens with two attached hydrogens (primary N) is 1. The molecule has 1 aromatic carbocycles. The van der Waals surface area contributed by atoms with E-state index in [1.165, 1.54) is 18.2 Å².